The van der Waals surface area contributed by atoms with Crippen LogP contribution in [0.1, 0.15) is 62.8 Å². The summed E-state index contributed by atoms with van der Waals surface area (Å²) >= 11 is 7.17. The zero-order chi connectivity index (χ0) is 27.2. The van der Waals surface area contributed by atoms with Crippen molar-refractivity contribution in [3.05, 3.63) is 110 Å². The molecule has 0 radical (unpaired) electrons. The highest BCUT2D eigenvalue weighted by molar-refractivity contribution is 9.10. The van der Waals surface area contributed by atoms with Crippen molar-refractivity contribution in [1.82, 2.24) is 0 Å². The van der Waals surface area contributed by atoms with Crippen molar-refractivity contribution in [3.8, 4) is 11.1 Å². The molecule has 0 amide bonds. The molecule has 0 aliphatic carbocycles. The van der Waals surface area contributed by atoms with Gasteiger partial charge in [0.1, 0.15) is 0 Å². The maximum atomic E-state index is 6.65. The van der Waals surface area contributed by atoms with E-state index in [9.17, 15) is 0 Å². The third kappa shape index (κ3) is 4.99. The van der Waals surface area contributed by atoms with Gasteiger partial charge in [-0.05, 0) is 141 Å². The Bertz CT molecular complexity index is 1410. The van der Waals surface area contributed by atoms with E-state index in [0.29, 0.717) is 0 Å². The predicted molar refractivity (Wildman–Crippen MR) is 168 cm³/mol. The number of benzene rings is 4. The van der Waals surface area contributed by atoms with Crippen LogP contribution in [-0.4, -0.2) is 0 Å². The molecule has 4 aromatic carbocycles. The van der Waals surface area contributed by atoms with Crippen LogP contribution in [-0.2, 0) is 15.9 Å². The summed E-state index contributed by atoms with van der Waals surface area (Å²) in [6.07, 6.45) is 2.12. The Labute approximate surface area is 244 Å². The topological polar surface area (TPSA) is 12.5 Å². The first-order valence-electron chi connectivity index (χ1n) is 13.3. The van der Waals surface area contributed by atoms with E-state index in [1.807, 2.05) is 0 Å². The Hall–Kier alpha value is -2.40. The molecule has 1 unspecified atom stereocenters. The van der Waals surface area contributed by atoms with E-state index in [4.69, 9.17) is 4.74 Å². The zero-order valence-electron chi connectivity index (χ0n) is 23.0. The minimum atomic E-state index is -0.309. The lowest BCUT2D eigenvalue weighted by atomic mass is 9.84. The van der Waals surface area contributed by atoms with E-state index in [2.05, 4.69) is 157 Å². The number of ether oxygens (including phenoxy) is 1. The first-order valence-corrected chi connectivity index (χ1v) is 14.9. The molecule has 1 atom stereocenters. The number of rotatable bonds is 6. The molecule has 0 spiro atoms. The molecule has 0 saturated carbocycles. The Balaban J connectivity index is 1.61. The third-order valence-corrected chi connectivity index (χ3v) is 8.74. The molecular formula is C34H35Br2NO. The second-order valence-electron chi connectivity index (χ2n) is 11.1. The van der Waals surface area contributed by atoms with Gasteiger partial charge in [0.15, 0.2) is 0 Å². The number of halogens is 2. The fraction of sp³-hybridized carbons (Fsp3) is 0.294. The summed E-state index contributed by atoms with van der Waals surface area (Å²) in [5.41, 5.74) is 10.5. The lowest BCUT2D eigenvalue weighted by Crippen LogP contribution is -2.25. The van der Waals surface area contributed by atoms with Crippen LogP contribution in [0.25, 0.3) is 11.1 Å². The number of fused-ring (bicyclic) bond motifs is 1. The monoisotopic (exact) mass is 631 g/mol. The third-order valence-electron chi connectivity index (χ3n) is 7.68. The van der Waals surface area contributed by atoms with Crippen LogP contribution < -0.4 is 4.90 Å². The zero-order valence-corrected chi connectivity index (χ0v) is 26.2. The van der Waals surface area contributed by atoms with Gasteiger partial charge in [-0.15, -0.1) is 0 Å². The van der Waals surface area contributed by atoms with Crippen molar-refractivity contribution < 1.29 is 4.74 Å². The summed E-state index contributed by atoms with van der Waals surface area (Å²) in [5, 5.41) is 0. The first-order chi connectivity index (χ1) is 18.0. The molecule has 4 heteroatoms. The molecule has 0 fully saturated rings. The Morgan fingerprint density at radius 2 is 1.21 bits per heavy atom. The highest BCUT2D eigenvalue weighted by Gasteiger charge is 2.45. The summed E-state index contributed by atoms with van der Waals surface area (Å²) in [6, 6.07) is 28.6. The van der Waals surface area contributed by atoms with Crippen LogP contribution >= 0.6 is 31.9 Å². The summed E-state index contributed by atoms with van der Waals surface area (Å²) < 4.78 is 8.79. The SMILES string of the molecule is CCCC1(C)OC(C)(C)c2cc(-c3c(C)cc(N(c4ccc(Br)cc4)c4ccc(Br)cc4)cc3C)ccc21. The van der Waals surface area contributed by atoms with Gasteiger partial charge in [0, 0.05) is 26.0 Å². The first kappa shape index (κ1) is 27.2. The van der Waals surface area contributed by atoms with Crippen molar-refractivity contribution in [2.75, 3.05) is 4.90 Å². The fourth-order valence-electron chi connectivity index (χ4n) is 6.15. The van der Waals surface area contributed by atoms with Crippen LogP contribution in [0.3, 0.4) is 0 Å². The van der Waals surface area contributed by atoms with Gasteiger partial charge >= 0.3 is 0 Å². The van der Waals surface area contributed by atoms with Gasteiger partial charge < -0.3 is 9.64 Å². The van der Waals surface area contributed by atoms with Gasteiger partial charge in [-0.1, -0.05) is 57.3 Å². The van der Waals surface area contributed by atoms with Gasteiger partial charge in [-0.25, -0.2) is 0 Å². The maximum absolute atomic E-state index is 6.65. The summed E-state index contributed by atoms with van der Waals surface area (Å²) in [5.74, 6) is 0. The van der Waals surface area contributed by atoms with Gasteiger partial charge in [0.2, 0.25) is 0 Å². The van der Waals surface area contributed by atoms with Crippen LogP contribution in [0.5, 0.6) is 0 Å². The number of aryl methyl sites for hydroxylation is 2. The molecule has 1 aliphatic heterocycles. The van der Waals surface area contributed by atoms with Crippen LogP contribution in [0.4, 0.5) is 17.1 Å². The van der Waals surface area contributed by atoms with E-state index in [1.165, 1.54) is 33.4 Å². The molecular weight excluding hydrogens is 598 g/mol. The Morgan fingerprint density at radius 3 is 1.71 bits per heavy atom. The smallest absolute Gasteiger partial charge is 0.0918 e. The molecule has 4 aromatic rings. The highest BCUT2D eigenvalue weighted by Crippen LogP contribution is 2.50. The predicted octanol–water partition coefficient (Wildman–Crippen LogP) is 11.2. The molecule has 1 aliphatic rings. The second kappa shape index (κ2) is 10.3. The minimum Gasteiger partial charge on any atom is -0.360 e. The van der Waals surface area contributed by atoms with Gasteiger partial charge in [-0.3, -0.25) is 0 Å². The fourth-order valence-corrected chi connectivity index (χ4v) is 6.68. The Morgan fingerprint density at radius 1 is 0.684 bits per heavy atom. The van der Waals surface area contributed by atoms with Crippen molar-refractivity contribution in [2.45, 2.75) is 65.6 Å². The van der Waals surface area contributed by atoms with E-state index < -0.39 is 0 Å². The molecule has 5 rings (SSSR count). The van der Waals surface area contributed by atoms with Crippen LogP contribution in [0.2, 0.25) is 0 Å². The van der Waals surface area contributed by atoms with Gasteiger partial charge in [-0.2, -0.15) is 0 Å². The molecule has 0 bridgehead atoms. The molecule has 0 aromatic heterocycles. The van der Waals surface area contributed by atoms with Crippen molar-refractivity contribution in [3.63, 3.8) is 0 Å². The average molecular weight is 633 g/mol. The Kier molecular flexibility index (Phi) is 7.36. The van der Waals surface area contributed by atoms with Crippen molar-refractivity contribution in [1.29, 1.82) is 0 Å². The normalized spacial score (nSPS) is 17.9. The van der Waals surface area contributed by atoms with Crippen molar-refractivity contribution in [2.24, 2.45) is 0 Å². The second-order valence-corrected chi connectivity index (χ2v) is 12.9. The van der Waals surface area contributed by atoms with E-state index in [1.54, 1.807) is 0 Å². The van der Waals surface area contributed by atoms with Crippen molar-refractivity contribution >= 4 is 48.9 Å². The van der Waals surface area contributed by atoms with Gasteiger partial charge in [0.25, 0.3) is 0 Å². The lowest BCUT2D eigenvalue weighted by Gasteiger charge is -2.28. The molecule has 1 heterocycles. The molecule has 2 nitrogen and oxygen atoms in total. The lowest BCUT2D eigenvalue weighted by molar-refractivity contribution is -0.119. The summed E-state index contributed by atoms with van der Waals surface area (Å²) in [7, 11) is 0. The van der Waals surface area contributed by atoms with E-state index in [-0.39, 0.29) is 11.2 Å². The minimum absolute atomic E-state index is 0.226. The number of hydrogen-bond donors (Lipinski definition) is 0. The maximum Gasteiger partial charge on any atom is 0.0918 e. The summed E-state index contributed by atoms with van der Waals surface area (Å²) in [6.45, 7) is 13.3. The quantitative estimate of drug-likeness (QED) is 0.210. The van der Waals surface area contributed by atoms with Crippen LogP contribution in [0.15, 0.2) is 87.8 Å². The average Bonchev–Trinajstić information content (AvgIpc) is 3.06. The number of hydrogen-bond acceptors (Lipinski definition) is 2. The molecule has 38 heavy (non-hydrogen) atoms. The summed E-state index contributed by atoms with van der Waals surface area (Å²) in [4.78, 5) is 2.32. The highest BCUT2D eigenvalue weighted by atomic mass is 79.9. The largest absolute Gasteiger partial charge is 0.360 e. The molecule has 196 valence electrons. The van der Waals surface area contributed by atoms with Crippen LogP contribution in [0, 0.1) is 13.8 Å². The van der Waals surface area contributed by atoms with Gasteiger partial charge in [0.05, 0.1) is 11.2 Å². The standard InChI is InChI=1S/C34H35Br2NO/c1-7-18-34(6)30-17-8-24(21-31(30)33(4,5)38-34)32-22(2)19-29(20-23(32)3)37(27-13-9-25(35)10-14-27)28-15-11-26(36)12-16-28/h8-17,19-21H,7,18H2,1-6H3. The number of nitrogens with zero attached hydrogens (tertiary/aromatic N) is 1. The van der Waals surface area contributed by atoms with E-state index >= 15 is 0 Å². The molecule has 0 saturated heterocycles. The van der Waals surface area contributed by atoms with E-state index in [0.717, 1.165) is 38.8 Å². The molecule has 0 N–H and O–H groups in total. The number of anilines is 3.